The van der Waals surface area contributed by atoms with Crippen molar-refractivity contribution < 1.29 is 9.59 Å². The van der Waals surface area contributed by atoms with Gasteiger partial charge in [0.1, 0.15) is 5.38 Å². The van der Waals surface area contributed by atoms with Gasteiger partial charge in [0.15, 0.2) is 0 Å². The molecule has 2 rings (SSSR count). The van der Waals surface area contributed by atoms with Crippen LogP contribution in [0.4, 0.5) is 4.79 Å². The maximum atomic E-state index is 11.5. The quantitative estimate of drug-likeness (QED) is 0.822. The lowest BCUT2D eigenvalue weighted by molar-refractivity contribution is -0.119. The SMILES string of the molecule is CC(Cl)C(=O)NC(=O)NC1CC1c1ccccc1. The minimum Gasteiger partial charge on any atom is -0.334 e. The summed E-state index contributed by atoms with van der Waals surface area (Å²) in [5, 5.41) is 4.25. The molecule has 1 aromatic carbocycles. The molecule has 0 aliphatic heterocycles. The van der Waals surface area contributed by atoms with E-state index in [1.807, 2.05) is 30.3 Å². The van der Waals surface area contributed by atoms with Crippen LogP contribution in [0.25, 0.3) is 0 Å². The molecule has 1 fully saturated rings. The van der Waals surface area contributed by atoms with E-state index in [1.54, 1.807) is 0 Å². The fraction of sp³-hybridized carbons (Fsp3) is 0.385. The number of hydrogen-bond donors (Lipinski definition) is 2. The van der Waals surface area contributed by atoms with Crippen molar-refractivity contribution in [2.75, 3.05) is 0 Å². The molecule has 18 heavy (non-hydrogen) atoms. The zero-order chi connectivity index (χ0) is 13.1. The van der Waals surface area contributed by atoms with E-state index in [1.165, 1.54) is 12.5 Å². The van der Waals surface area contributed by atoms with Gasteiger partial charge in [0.05, 0.1) is 0 Å². The molecule has 3 atom stereocenters. The van der Waals surface area contributed by atoms with Crippen molar-refractivity contribution in [3.8, 4) is 0 Å². The first kappa shape index (κ1) is 12.9. The summed E-state index contributed by atoms with van der Waals surface area (Å²) in [7, 11) is 0. The molecule has 4 nitrogen and oxygen atoms in total. The van der Waals surface area contributed by atoms with Crippen LogP contribution in [0.15, 0.2) is 30.3 Å². The number of urea groups is 1. The van der Waals surface area contributed by atoms with E-state index in [9.17, 15) is 9.59 Å². The minimum atomic E-state index is -0.708. The normalized spacial score (nSPS) is 23.0. The summed E-state index contributed by atoms with van der Waals surface area (Å²) in [5.74, 6) is -0.133. The van der Waals surface area contributed by atoms with E-state index in [0.29, 0.717) is 5.92 Å². The third-order valence-electron chi connectivity index (χ3n) is 2.93. The summed E-state index contributed by atoms with van der Waals surface area (Å²) in [6.45, 7) is 1.52. The largest absolute Gasteiger partial charge is 0.334 e. The molecular weight excluding hydrogens is 252 g/mol. The third-order valence-corrected chi connectivity index (χ3v) is 3.13. The van der Waals surface area contributed by atoms with Gasteiger partial charge in [-0.1, -0.05) is 30.3 Å². The van der Waals surface area contributed by atoms with Gasteiger partial charge < -0.3 is 5.32 Å². The second-order valence-corrected chi connectivity index (χ2v) is 5.09. The van der Waals surface area contributed by atoms with Gasteiger partial charge in [0.25, 0.3) is 0 Å². The molecule has 0 radical (unpaired) electrons. The first-order valence-corrected chi connectivity index (χ1v) is 6.32. The number of rotatable bonds is 3. The number of benzene rings is 1. The summed E-state index contributed by atoms with van der Waals surface area (Å²) >= 11 is 5.56. The Hall–Kier alpha value is -1.55. The van der Waals surface area contributed by atoms with Crippen LogP contribution in [-0.4, -0.2) is 23.4 Å². The Bertz CT molecular complexity index is 448. The number of amides is 3. The van der Waals surface area contributed by atoms with Gasteiger partial charge in [-0.3, -0.25) is 10.1 Å². The van der Waals surface area contributed by atoms with Crippen LogP contribution < -0.4 is 10.6 Å². The van der Waals surface area contributed by atoms with E-state index in [-0.39, 0.29) is 6.04 Å². The number of nitrogens with one attached hydrogen (secondary N) is 2. The smallest absolute Gasteiger partial charge is 0.321 e. The van der Waals surface area contributed by atoms with Gasteiger partial charge in [-0.15, -0.1) is 11.6 Å². The van der Waals surface area contributed by atoms with Crippen molar-refractivity contribution in [1.82, 2.24) is 10.6 Å². The highest BCUT2D eigenvalue weighted by Gasteiger charge is 2.39. The Morgan fingerprint density at radius 2 is 2.00 bits per heavy atom. The molecule has 96 valence electrons. The van der Waals surface area contributed by atoms with E-state index >= 15 is 0 Å². The van der Waals surface area contributed by atoms with Crippen LogP contribution >= 0.6 is 11.6 Å². The Labute approximate surface area is 111 Å². The highest BCUT2D eigenvalue weighted by molar-refractivity contribution is 6.31. The Morgan fingerprint density at radius 1 is 1.33 bits per heavy atom. The van der Waals surface area contributed by atoms with Gasteiger partial charge in [0, 0.05) is 12.0 Å². The molecule has 3 amide bonds. The van der Waals surface area contributed by atoms with E-state index in [2.05, 4.69) is 10.6 Å². The third kappa shape index (κ3) is 3.23. The summed E-state index contributed by atoms with van der Waals surface area (Å²) in [6, 6.07) is 9.61. The van der Waals surface area contributed by atoms with Crippen LogP contribution in [0.1, 0.15) is 24.8 Å². The fourth-order valence-electron chi connectivity index (χ4n) is 1.84. The molecule has 1 aliphatic rings. The zero-order valence-corrected chi connectivity index (χ0v) is 10.8. The minimum absolute atomic E-state index is 0.103. The van der Waals surface area contributed by atoms with Gasteiger partial charge in [-0.05, 0) is 18.9 Å². The predicted molar refractivity (Wildman–Crippen MR) is 69.6 cm³/mol. The maximum absolute atomic E-state index is 11.5. The number of alkyl halides is 1. The zero-order valence-electron chi connectivity index (χ0n) is 10.0. The highest BCUT2D eigenvalue weighted by Crippen LogP contribution is 2.40. The summed E-state index contributed by atoms with van der Waals surface area (Å²) in [6.07, 6.45) is 0.905. The van der Waals surface area contributed by atoms with E-state index in [0.717, 1.165) is 6.42 Å². The number of hydrogen-bond acceptors (Lipinski definition) is 2. The lowest BCUT2D eigenvalue weighted by Crippen LogP contribution is -2.43. The standard InChI is InChI=1S/C13H15ClN2O2/c1-8(14)12(17)16-13(18)15-11-7-10(11)9-5-3-2-4-6-9/h2-6,8,10-11H,7H2,1H3,(H2,15,16,17,18). The summed E-state index contributed by atoms with van der Waals surface area (Å²) < 4.78 is 0. The highest BCUT2D eigenvalue weighted by atomic mass is 35.5. The van der Waals surface area contributed by atoms with Crippen LogP contribution in [0, 0.1) is 0 Å². The maximum Gasteiger partial charge on any atom is 0.321 e. The Morgan fingerprint density at radius 3 is 2.61 bits per heavy atom. The van der Waals surface area contributed by atoms with Gasteiger partial charge >= 0.3 is 6.03 Å². The molecule has 5 heteroatoms. The molecule has 0 spiro atoms. The first-order chi connectivity index (χ1) is 8.58. The monoisotopic (exact) mass is 266 g/mol. The molecule has 0 aromatic heterocycles. The Kier molecular flexibility index (Phi) is 3.87. The fourth-order valence-corrected chi connectivity index (χ4v) is 1.89. The first-order valence-electron chi connectivity index (χ1n) is 5.88. The predicted octanol–water partition coefficient (Wildman–Crippen LogP) is 2.00. The van der Waals surface area contributed by atoms with E-state index in [4.69, 9.17) is 11.6 Å². The number of carbonyl (C=O) groups is 2. The molecule has 1 aliphatic carbocycles. The van der Waals surface area contributed by atoms with Crippen molar-refractivity contribution >= 4 is 23.5 Å². The number of carbonyl (C=O) groups excluding carboxylic acids is 2. The average Bonchev–Trinajstić information content (AvgIpc) is 3.09. The van der Waals surface area contributed by atoms with E-state index < -0.39 is 17.3 Å². The van der Waals surface area contributed by atoms with Crippen LogP contribution in [0.3, 0.4) is 0 Å². The lowest BCUT2D eigenvalue weighted by Gasteiger charge is -2.07. The molecule has 0 bridgehead atoms. The van der Waals surface area contributed by atoms with Gasteiger partial charge in [-0.25, -0.2) is 4.79 Å². The van der Waals surface area contributed by atoms with Crippen LogP contribution in [-0.2, 0) is 4.79 Å². The second kappa shape index (κ2) is 5.40. The lowest BCUT2D eigenvalue weighted by atomic mass is 10.1. The summed E-state index contributed by atoms with van der Waals surface area (Å²) in [4.78, 5) is 22.7. The van der Waals surface area contributed by atoms with Crippen molar-refractivity contribution in [1.29, 1.82) is 0 Å². The molecule has 1 saturated carbocycles. The van der Waals surface area contributed by atoms with Crippen molar-refractivity contribution in [2.24, 2.45) is 0 Å². The van der Waals surface area contributed by atoms with Gasteiger partial charge in [-0.2, -0.15) is 0 Å². The topological polar surface area (TPSA) is 58.2 Å². The molecule has 1 aromatic rings. The Balaban J connectivity index is 1.80. The second-order valence-electron chi connectivity index (χ2n) is 4.44. The molecule has 3 unspecified atom stereocenters. The van der Waals surface area contributed by atoms with Gasteiger partial charge in [0.2, 0.25) is 5.91 Å². The van der Waals surface area contributed by atoms with Crippen LogP contribution in [0.5, 0.6) is 0 Å². The number of halogens is 1. The van der Waals surface area contributed by atoms with Crippen molar-refractivity contribution in [3.05, 3.63) is 35.9 Å². The average molecular weight is 267 g/mol. The molecule has 0 saturated heterocycles. The molecule has 0 heterocycles. The number of imide groups is 1. The van der Waals surface area contributed by atoms with Crippen molar-refractivity contribution in [2.45, 2.75) is 30.7 Å². The van der Waals surface area contributed by atoms with Crippen molar-refractivity contribution in [3.63, 3.8) is 0 Å². The molecular formula is C13H15ClN2O2. The van der Waals surface area contributed by atoms with Crippen LogP contribution in [0.2, 0.25) is 0 Å². The molecule has 2 N–H and O–H groups in total. The summed E-state index contributed by atoms with van der Waals surface area (Å²) in [5.41, 5.74) is 1.21.